The fraction of sp³-hybridized carbons (Fsp3) is 0.857. The molecule has 0 aromatic rings. The van der Waals surface area contributed by atoms with Gasteiger partial charge in [0.15, 0.2) is 0 Å². The van der Waals surface area contributed by atoms with Crippen LogP contribution in [0.2, 0.25) is 0 Å². The van der Waals surface area contributed by atoms with E-state index in [0.717, 1.165) is 45.4 Å². The van der Waals surface area contributed by atoms with Gasteiger partial charge in [0.05, 0.1) is 0 Å². The van der Waals surface area contributed by atoms with Gasteiger partial charge in [0.2, 0.25) is 11.8 Å². The molecule has 6 nitrogen and oxygen atoms in total. The molecule has 3 unspecified atom stereocenters. The summed E-state index contributed by atoms with van der Waals surface area (Å²) in [6, 6.07) is 1.01. The highest BCUT2D eigenvalue weighted by Crippen LogP contribution is 2.15. The minimum absolute atomic E-state index is 0.0484. The van der Waals surface area contributed by atoms with Crippen molar-refractivity contribution in [1.29, 1.82) is 0 Å². The molecule has 0 saturated carbocycles. The molecule has 2 fully saturated rings. The number of carbonyl (C=O) groups is 2. The molecule has 0 aromatic carbocycles. The first-order valence-electron chi connectivity index (χ1n) is 7.55. The average Bonchev–Trinajstić information content (AvgIpc) is 2.64. The Balaban J connectivity index is 1.87. The van der Waals surface area contributed by atoms with E-state index in [0.29, 0.717) is 12.1 Å². The van der Waals surface area contributed by atoms with Crippen LogP contribution in [0.4, 0.5) is 0 Å². The topological polar surface area (TPSA) is 73.5 Å². The Morgan fingerprint density at radius 3 is 2.50 bits per heavy atom. The Bertz CT molecular complexity index is 361. The summed E-state index contributed by atoms with van der Waals surface area (Å²) >= 11 is 0. The maximum Gasteiger partial charge on any atom is 0.219 e. The zero-order chi connectivity index (χ0) is 14.5. The summed E-state index contributed by atoms with van der Waals surface area (Å²) in [6.07, 6.45) is 2.91. The van der Waals surface area contributed by atoms with Crippen LogP contribution in [0.1, 0.15) is 33.1 Å². The minimum atomic E-state index is 0.0484. The van der Waals surface area contributed by atoms with E-state index in [4.69, 9.17) is 0 Å². The summed E-state index contributed by atoms with van der Waals surface area (Å²) < 4.78 is 0. The molecule has 2 heterocycles. The summed E-state index contributed by atoms with van der Waals surface area (Å²) in [7, 11) is 0. The lowest BCUT2D eigenvalue weighted by molar-refractivity contribution is -0.128. The van der Waals surface area contributed by atoms with Gasteiger partial charge >= 0.3 is 0 Å². The molecule has 0 aliphatic carbocycles. The molecule has 20 heavy (non-hydrogen) atoms. The van der Waals surface area contributed by atoms with E-state index in [-0.39, 0.29) is 17.9 Å². The van der Waals surface area contributed by atoms with Gasteiger partial charge in [0.1, 0.15) is 0 Å². The number of nitrogens with one attached hydrogen (secondary N) is 3. The van der Waals surface area contributed by atoms with E-state index < -0.39 is 0 Å². The second-order valence-corrected chi connectivity index (χ2v) is 5.84. The van der Waals surface area contributed by atoms with Crippen molar-refractivity contribution < 1.29 is 9.59 Å². The summed E-state index contributed by atoms with van der Waals surface area (Å²) in [6.45, 7) is 6.58. The van der Waals surface area contributed by atoms with Crippen molar-refractivity contribution in [3.8, 4) is 0 Å². The fourth-order valence-corrected chi connectivity index (χ4v) is 3.23. The van der Waals surface area contributed by atoms with Crippen molar-refractivity contribution >= 4 is 11.8 Å². The SMILES string of the molecule is CC(=O)NC1CCNC(C2CCN(C(C)=O)CCN2)C1. The average molecular weight is 282 g/mol. The zero-order valence-corrected chi connectivity index (χ0v) is 12.4. The van der Waals surface area contributed by atoms with Crippen LogP contribution in [0.3, 0.4) is 0 Å². The van der Waals surface area contributed by atoms with E-state index in [1.165, 1.54) is 0 Å². The summed E-state index contributed by atoms with van der Waals surface area (Å²) in [5.74, 6) is 0.201. The summed E-state index contributed by atoms with van der Waals surface area (Å²) in [4.78, 5) is 24.5. The molecule has 2 aliphatic rings. The van der Waals surface area contributed by atoms with Crippen molar-refractivity contribution in [2.75, 3.05) is 26.2 Å². The van der Waals surface area contributed by atoms with E-state index >= 15 is 0 Å². The van der Waals surface area contributed by atoms with Crippen LogP contribution in [0.15, 0.2) is 0 Å². The van der Waals surface area contributed by atoms with Crippen molar-refractivity contribution in [2.45, 2.75) is 51.2 Å². The molecule has 3 N–H and O–H groups in total. The maximum absolute atomic E-state index is 11.4. The Kier molecular flexibility index (Phi) is 5.37. The molecule has 2 saturated heterocycles. The first-order valence-corrected chi connectivity index (χ1v) is 7.55. The van der Waals surface area contributed by atoms with Crippen LogP contribution >= 0.6 is 0 Å². The quantitative estimate of drug-likeness (QED) is 0.636. The van der Waals surface area contributed by atoms with Gasteiger partial charge in [-0.15, -0.1) is 0 Å². The number of piperidine rings is 1. The van der Waals surface area contributed by atoms with E-state index in [1.807, 2.05) is 4.90 Å². The molecule has 3 atom stereocenters. The molecule has 2 rings (SSSR count). The van der Waals surface area contributed by atoms with Gasteiger partial charge in [-0.3, -0.25) is 9.59 Å². The molecule has 0 spiro atoms. The standard InChI is InChI=1S/C14H26N4O2/c1-10(19)17-12-3-5-15-14(9-12)13-4-7-18(11(2)20)8-6-16-13/h12-16H,3-9H2,1-2H3,(H,17,19). The largest absolute Gasteiger partial charge is 0.354 e. The summed E-state index contributed by atoms with van der Waals surface area (Å²) in [5, 5.41) is 10.1. The molecule has 0 radical (unpaired) electrons. The molecule has 2 amide bonds. The van der Waals surface area contributed by atoms with Gasteiger partial charge in [-0.1, -0.05) is 0 Å². The number of hydrogen-bond donors (Lipinski definition) is 3. The highest BCUT2D eigenvalue weighted by molar-refractivity contribution is 5.73. The van der Waals surface area contributed by atoms with Gasteiger partial charge in [0.25, 0.3) is 0 Å². The minimum Gasteiger partial charge on any atom is -0.354 e. The molecule has 0 aromatic heterocycles. The van der Waals surface area contributed by atoms with Crippen molar-refractivity contribution in [3.63, 3.8) is 0 Å². The number of hydrogen-bond acceptors (Lipinski definition) is 4. The first kappa shape index (κ1) is 15.3. The first-order chi connectivity index (χ1) is 9.56. The smallest absolute Gasteiger partial charge is 0.219 e. The maximum atomic E-state index is 11.4. The van der Waals surface area contributed by atoms with Crippen LogP contribution in [-0.4, -0.2) is 61.0 Å². The van der Waals surface area contributed by atoms with Crippen LogP contribution < -0.4 is 16.0 Å². The predicted molar refractivity (Wildman–Crippen MR) is 77.3 cm³/mol. The Hall–Kier alpha value is -1.14. The highest BCUT2D eigenvalue weighted by Gasteiger charge is 2.30. The van der Waals surface area contributed by atoms with Crippen LogP contribution in [0.25, 0.3) is 0 Å². The van der Waals surface area contributed by atoms with Crippen LogP contribution in [-0.2, 0) is 9.59 Å². The third-order valence-electron chi connectivity index (χ3n) is 4.27. The van der Waals surface area contributed by atoms with Crippen molar-refractivity contribution in [1.82, 2.24) is 20.9 Å². The number of carbonyl (C=O) groups excluding carboxylic acids is 2. The molecule has 6 heteroatoms. The van der Waals surface area contributed by atoms with Crippen molar-refractivity contribution in [3.05, 3.63) is 0 Å². The third-order valence-corrected chi connectivity index (χ3v) is 4.27. The van der Waals surface area contributed by atoms with Crippen LogP contribution in [0, 0.1) is 0 Å². The lowest BCUT2D eigenvalue weighted by Crippen LogP contribution is -2.55. The number of rotatable bonds is 2. The van der Waals surface area contributed by atoms with Gasteiger partial charge in [-0.2, -0.15) is 0 Å². The lowest BCUT2D eigenvalue weighted by Gasteiger charge is -2.35. The van der Waals surface area contributed by atoms with Gasteiger partial charge < -0.3 is 20.9 Å². The molecule has 114 valence electrons. The summed E-state index contributed by atoms with van der Waals surface area (Å²) in [5.41, 5.74) is 0. The number of amides is 2. The van der Waals surface area contributed by atoms with Gasteiger partial charge in [0, 0.05) is 51.6 Å². The second-order valence-electron chi connectivity index (χ2n) is 5.84. The normalized spacial score (nSPS) is 31.5. The van der Waals surface area contributed by atoms with E-state index in [9.17, 15) is 9.59 Å². The number of nitrogens with zero attached hydrogens (tertiary/aromatic N) is 1. The fourth-order valence-electron chi connectivity index (χ4n) is 3.23. The second kappa shape index (κ2) is 7.04. The van der Waals surface area contributed by atoms with Crippen molar-refractivity contribution in [2.24, 2.45) is 0 Å². The zero-order valence-electron chi connectivity index (χ0n) is 12.4. The third kappa shape index (κ3) is 4.18. The monoisotopic (exact) mass is 282 g/mol. The van der Waals surface area contributed by atoms with Crippen LogP contribution in [0.5, 0.6) is 0 Å². The Morgan fingerprint density at radius 1 is 1.05 bits per heavy atom. The highest BCUT2D eigenvalue weighted by atomic mass is 16.2. The molecule has 2 aliphatic heterocycles. The van der Waals surface area contributed by atoms with E-state index in [1.54, 1.807) is 13.8 Å². The molecule has 0 bridgehead atoms. The molecular weight excluding hydrogens is 256 g/mol. The Labute approximate surface area is 120 Å². The molecular formula is C14H26N4O2. The van der Waals surface area contributed by atoms with E-state index in [2.05, 4.69) is 16.0 Å². The van der Waals surface area contributed by atoms with Gasteiger partial charge in [-0.25, -0.2) is 0 Å². The lowest BCUT2D eigenvalue weighted by atomic mass is 9.92. The predicted octanol–water partition coefficient (Wildman–Crippen LogP) is -0.546. The van der Waals surface area contributed by atoms with Gasteiger partial charge in [-0.05, 0) is 25.8 Å². The Morgan fingerprint density at radius 2 is 1.80 bits per heavy atom.